The topological polar surface area (TPSA) is 116 Å². The Morgan fingerprint density at radius 1 is 0.962 bits per heavy atom. The van der Waals surface area contributed by atoms with Gasteiger partial charge in [-0.1, -0.05) is 6.07 Å². The van der Waals surface area contributed by atoms with Gasteiger partial charge in [-0.2, -0.15) is 0 Å². The van der Waals surface area contributed by atoms with Crippen molar-refractivity contribution in [2.24, 2.45) is 0 Å². The molecule has 0 aliphatic carbocycles. The second kappa shape index (κ2) is 8.06. The molecule has 1 aromatic rings. The van der Waals surface area contributed by atoms with E-state index in [-0.39, 0.29) is 24.3 Å². The number of hydrogen-bond donors (Lipinski definition) is 0. The average Bonchev–Trinajstić information content (AvgIpc) is 2.86. The van der Waals surface area contributed by atoms with Gasteiger partial charge in [0.15, 0.2) is 11.5 Å². The Hall–Kier alpha value is -3.49. The van der Waals surface area contributed by atoms with Crippen LogP contribution in [0.4, 0.5) is 0 Å². The third kappa shape index (κ3) is 5.00. The van der Waals surface area contributed by atoms with E-state index in [1.165, 1.54) is 38.1 Å². The molecule has 0 aromatic heterocycles. The maximum atomic E-state index is 11.7. The first-order chi connectivity index (χ1) is 12.3. The molecule has 26 heavy (non-hydrogen) atoms. The number of nitrogens with zero attached hydrogens (tertiary/aromatic N) is 1. The van der Waals surface area contributed by atoms with Crippen LogP contribution in [0.1, 0.15) is 32.3 Å². The van der Waals surface area contributed by atoms with E-state index in [4.69, 9.17) is 9.47 Å². The van der Waals surface area contributed by atoms with Crippen LogP contribution in [0, 0.1) is 0 Å². The molecule has 1 aromatic carbocycles. The van der Waals surface area contributed by atoms with Crippen molar-refractivity contribution in [3.05, 3.63) is 29.8 Å². The molecule has 1 aliphatic heterocycles. The molecule has 0 saturated carbocycles. The van der Waals surface area contributed by atoms with Gasteiger partial charge in [0.2, 0.25) is 0 Å². The Bertz CT molecular complexity index is 795. The highest BCUT2D eigenvalue weighted by atomic mass is 16.7. The molecular weight excluding hydrogens is 346 g/mol. The van der Waals surface area contributed by atoms with E-state index in [2.05, 4.69) is 4.84 Å². The fraction of sp³-hybridized carbons (Fsp3) is 0.235. The van der Waals surface area contributed by atoms with Crippen molar-refractivity contribution in [2.75, 3.05) is 0 Å². The standard InChI is InChI=1S/C17H15NO8/c1-10(19)24-13-5-3-12(9-14(13)25-11(2)20)4-8-17(23)26-18-15(21)6-7-16(18)22/h3-5,8-9H,6-7H2,1-2H3/b8-4+. The van der Waals surface area contributed by atoms with Gasteiger partial charge in [0.05, 0.1) is 0 Å². The molecule has 2 amide bonds. The number of benzene rings is 1. The first-order valence-corrected chi connectivity index (χ1v) is 7.53. The fourth-order valence-corrected chi connectivity index (χ4v) is 2.04. The van der Waals surface area contributed by atoms with Crippen LogP contribution in [0.5, 0.6) is 11.5 Å². The molecule has 1 aliphatic rings. The number of hydroxylamine groups is 2. The highest BCUT2D eigenvalue weighted by Crippen LogP contribution is 2.29. The number of hydrogen-bond acceptors (Lipinski definition) is 8. The predicted octanol–water partition coefficient (Wildman–Crippen LogP) is 1.16. The van der Waals surface area contributed by atoms with Crippen molar-refractivity contribution in [3.63, 3.8) is 0 Å². The zero-order valence-corrected chi connectivity index (χ0v) is 14.0. The Balaban J connectivity index is 2.12. The van der Waals surface area contributed by atoms with Crippen LogP contribution < -0.4 is 9.47 Å². The first-order valence-electron chi connectivity index (χ1n) is 7.53. The van der Waals surface area contributed by atoms with Crippen molar-refractivity contribution in [1.29, 1.82) is 0 Å². The van der Waals surface area contributed by atoms with Crippen molar-refractivity contribution in [1.82, 2.24) is 5.06 Å². The minimum absolute atomic E-state index is 0.000810. The van der Waals surface area contributed by atoms with Gasteiger partial charge in [0, 0.05) is 32.8 Å². The largest absolute Gasteiger partial charge is 0.423 e. The van der Waals surface area contributed by atoms with Gasteiger partial charge in [-0.15, -0.1) is 5.06 Å². The molecule has 0 unspecified atom stereocenters. The number of ether oxygens (including phenoxy) is 2. The number of rotatable bonds is 5. The quantitative estimate of drug-likeness (QED) is 0.332. The monoisotopic (exact) mass is 361 g/mol. The maximum absolute atomic E-state index is 11.7. The van der Waals surface area contributed by atoms with Gasteiger partial charge in [-0.05, 0) is 23.8 Å². The zero-order chi connectivity index (χ0) is 19.3. The second-order valence-corrected chi connectivity index (χ2v) is 5.22. The van der Waals surface area contributed by atoms with Crippen molar-refractivity contribution < 1.29 is 38.3 Å². The van der Waals surface area contributed by atoms with E-state index in [9.17, 15) is 24.0 Å². The van der Waals surface area contributed by atoms with Gasteiger partial charge in [0.25, 0.3) is 11.8 Å². The van der Waals surface area contributed by atoms with Gasteiger partial charge in [-0.25, -0.2) is 4.79 Å². The Morgan fingerprint density at radius 3 is 2.12 bits per heavy atom. The van der Waals surface area contributed by atoms with Crippen LogP contribution in [0.2, 0.25) is 0 Å². The molecule has 0 bridgehead atoms. The van der Waals surface area contributed by atoms with Crippen molar-refractivity contribution in [3.8, 4) is 11.5 Å². The highest BCUT2D eigenvalue weighted by Gasteiger charge is 2.32. The second-order valence-electron chi connectivity index (χ2n) is 5.22. The lowest BCUT2D eigenvalue weighted by atomic mass is 10.2. The summed E-state index contributed by atoms with van der Waals surface area (Å²) in [6.45, 7) is 2.38. The molecule has 1 fully saturated rings. The predicted molar refractivity (Wildman–Crippen MR) is 85.3 cm³/mol. The van der Waals surface area contributed by atoms with Crippen LogP contribution >= 0.6 is 0 Å². The van der Waals surface area contributed by atoms with E-state index in [0.717, 1.165) is 6.08 Å². The number of carbonyl (C=O) groups excluding carboxylic acids is 5. The summed E-state index contributed by atoms with van der Waals surface area (Å²) in [6.07, 6.45) is 2.31. The third-order valence-electron chi connectivity index (χ3n) is 3.07. The van der Waals surface area contributed by atoms with E-state index in [1.807, 2.05) is 0 Å². The van der Waals surface area contributed by atoms with Gasteiger partial charge >= 0.3 is 17.9 Å². The Morgan fingerprint density at radius 2 is 1.54 bits per heavy atom. The van der Waals surface area contributed by atoms with Crippen LogP contribution in [0.3, 0.4) is 0 Å². The molecule has 0 spiro atoms. The minimum Gasteiger partial charge on any atom is -0.423 e. The van der Waals surface area contributed by atoms with Crippen LogP contribution in [0.15, 0.2) is 24.3 Å². The molecular formula is C17H15NO8. The summed E-state index contributed by atoms with van der Waals surface area (Å²) in [4.78, 5) is 61.4. The van der Waals surface area contributed by atoms with E-state index in [1.54, 1.807) is 0 Å². The van der Waals surface area contributed by atoms with Crippen molar-refractivity contribution >= 4 is 35.8 Å². The smallest absolute Gasteiger partial charge is 0.356 e. The van der Waals surface area contributed by atoms with Crippen molar-refractivity contribution in [2.45, 2.75) is 26.7 Å². The molecule has 9 nitrogen and oxygen atoms in total. The average molecular weight is 361 g/mol. The lowest BCUT2D eigenvalue weighted by Crippen LogP contribution is -2.31. The van der Waals surface area contributed by atoms with E-state index < -0.39 is 29.7 Å². The highest BCUT2D eigenvalue weighted by molar-refractivity contribution is 6.02. The summed E-state index contributed by atoms with van der Waals surface area (Å²) in [5, 5.41) is 0.431. The minimum atomic E-state index is -0.924. The fourth-order valence-electron chi connectivity index (χ4n) is 2.04. The van der Waals surface area contributed by atoms with Crippen LogP contribution in [-0.2, 0) is 28.8 Å². The van der Waals surface area contributed by atoms with Gasteiger partial charge in [0.1, 0.15) is 0 Å². The number of amides is 2. The molecule has 2 rings (SSSR count). The molecule has 9 heteroatoms. The molecule has 1 heterocycles. The normalized spacial score (nSPS) is 13.8. The number of imide groups is 1. The third-order valence-corrected chi connectivity index (χ3v) is 3.07. The van der Waals surface area contributed by atoms with Gasteiger partial charge in [-0.3, -0.25) is 19.2 Å². The molecule has 0 radical (unpaired) electrons. The van der Waals surface area contributed by atoms with Gasteiger partial charge < -0.3 is 14.3 Å². The summed E-state index contributed by atoms with van der Waals surface area (Å²) >= 11 is 0. The Kier molecular flexibility index (Phi) is 5.84. The van der Waals surface area contributed by atoms with E-state index in [0.29, 0.717) is 10.6 Å². The summed E-state index contributed by atoms with van der Waals surface area (Å²) in [5.41, 5.74) is 0.424. The van der Waals surface area contributed by atoms with Crippen LogP contribution in [-0.4, -0.2) is 34.8 Å². The maximum Gasteiger partial charge on any atom is 0.356 e. The van der Waals surface area contributed by atoms with Crippen LogP contribution in [0.25, 0.3) is 6.08 Å². The molecule has 136 valence electrons. The molecule has 1 saturated heterocycles. The number of carbonyl (C=O) groups is 5. The lowest BCUT2D eigenvalue weighted by molar-refractivity contribution is -0.193. The van der Waals surface area contributed by atoms with E-state index >= 15 is 0 Å². The molecule has 0 N–H and O–H groups in total. The first kappa shape index (κ1) is 18.8. The summed E-state index contributed by atoms with van der Waals surface area (Å²) in [5.74, 6) is -3.27. The SMILES string of the molecule is CC(=O)Oc1ccc(/C=C/C(=O)ON2C(=O)CCC2=O)cc1OC(C)=O. The zero-order valence-electron chi connectivity index (χ0n) is 14.0. The Labute approximate surface area is 148 Å². The molecule has 0 atom stereocenters. The summed E-state index contributed by atoms with van der Waals surface area (Å²) in [6, 6.07) is 4.26. The lowest BCUT2D eigenvalue weighted by Gasteiger charge is -2.11. The number of esters is 2. The summed E-state index contributed by atoms with van der Waals surface area (Å²) < 4.78 is 9.89. The summed E-state index contributed by atoms with van der Waals surface area (Å²) in [7, 11) is 0.